The minimum Gasteiger partial charge on any atom is -0.508 e. The van der Waals surface area contributed by atoms with Crippen molar-refractivity contribution in [1.29, 1.82) is 0 Å². The summed E-state index contributed by atoms with van der Waals surface area (Å²) in [4.78, 5) is 11.2. The zero-order chi connectivity index (χ0) is 14.5. The number of aryl methyl sites for hydroxylation is 2. The molecule has 0 bridgehead atoms. The Morgan fingerprint density at radius 2 is 2.00 bits per heavy atom. The lowest BCUT2D eigenvalue weighted by atomic mass is 9.97. The minimum absolute atomic E-state index is 0.198. The molecular weight excluding hydrogens is 252 g/mol. The first-order chi connectivity index (χ1) is 9.60. The molecule has 0 aromatic heterocycles. The van der Waals surface area contributed by atoms with Crippen LogP contribution in [0.25, 0.3) is 11.1 Å². The van der Waals surface area contributed by atoms with Gasteiger partial charge >= 0.3 is 5.97 Å². The van der Waals surface area contributed by atoms with Gasteiger partial charge in [0, 0.05) is 6.42 Å². The highest BCUT2D eigenvalue weighted by Crippen LogP contribution is 2.27. The average Bonchev–Trinajstić information content (AvgIpc) is 2.45. The number of phenolic OH excluding ortho intramolecular Hbond substituents is 1. The van der Waals surface area contributed by atoms with Crippen molar-refractivity contribution in [2.45, 2.75) is 19.8 Å². The molecule has 2 aromatic carbocycles. The van der Waals surface area contributed by atoms with E-state index in [0.717, 1.165) is 22.3 Å². The van der Waals surface area contributed by atoms with Gasteiger partial charge in [0.2, 0.25) is 0 Å². The van der Waals surface area contributed by atoms with Crippen LogP contribution in [0, 0.1) is 6.92 Å². The second-order valence-electron chi connectivity index (χ2n) is 4.78. The van der Waals surface area contributed by atoms with E-state index in [9.17, 15) is 9.90 Å². The number of rotatable bonds is 4. The number of carbonyl (C=O) groups is 1. The number of hydrogen-bond acceptors (Lipinski definition) is 3. The van der Waals surface area contributed by atoms with Gasteiger partial charge in [0.1, 0.15) is 5.75 Å². The molecule has 0 heterocycles. The first kappa shape index (κ1) is 14.1. The molecule has 2 aromatic rings. The van der Waals surface area contributed by atoms with Gasteiger partial charge in [0.25, 0.3) is 0 Å². The molecule has 1 N–H and O–H groups in total. The van der Waals surface area contributed by atoms with E-state index >= 15 is 0 Å². The molecule has 0 aliphatic heterocycles. The lowest BCUT2D eigenvalue weighted by Crippen LogP contribution is -2.01. The summed E-state index contributed by atoms with van der Waals surface area (Å²) in [6, 6.07) is 13.4. The molecule has 0 fully saturated rings. The van der Waals surface area contributed by atoms with Gasteiger partial charge in [-0.3, -0.25) is 4.79 Å². The van der Waals surface area contributed by atoms with Crippen molar-refractivity contribution < 1.29 is 14.6 Å². The summed E-state index contributed by atoms with van der Waals surface area (Å²) in [6.07, 6.45) is 1.05. The van der Waals surface area contributed by atoms with Crippen LogP contribution in [0.15, 0.2) is 42.5 Å². The van der Waals surface area contributed by atoms with Crippen molar-refractivity contribution in [2.75, 3.05) is 7.11 Å². The van der Waals surface area contributed by atoms with Gasteiger partial charge in [-0.2, -0.15) is 0 Å². The monoisotopic (exact) mass is 270 g/mol. The van der Waals surface area contributed by atoms with Gasteiger partial charge in [-0.25, -0.2) is 0 Å². The van der Waals surface area contributed by atoms with Crippen LogP contribution in [0.2, 0.25) is 0 Å². The minimum atomic E-state index is -0.198. The van der Waals surface area contributed by atoms with Crippen molar-refractivity contribution in [3.05, 3.63) is 53.6 Å². The molecule has 20 heavy (non-hydrogen) atoms. The molecule has 2 rings (SSSR count). The molecule has 0 atom stereocenters. The molecule has 104 valence electrons. The van der Waals surface area contributed by atoms with Gasteiger partial charge in [0.15, 0.2) is 0 Å². The molecule has 0 saturated carbocycles. The van der Waals surface area contributed by atoms with Crippen molar-refractivity contribution >= 4 is 5.97 Å². The molecular formula is C17H18O3. The maximum Gasteiger partial charge on any atom is 0.305 e. The molecule has 0 radical (unpaired) electrons. The van der Waals surface area contributed by atoms with Gasteiger partial charge in [-0.1, -0.05) is 30.3 Å². The zero-order valence-corrected chi connectivity index (χ0v) is 11.7. The fraction of sp³-hybridized carbons (Fsp3) is 0.235. The normalized spacial score (nSPS) is 10.3. The van der Waals surface area contributed by atoms with Crippen molar-refractivity contribution in [1.82, 2.24) is 0 Å². The van der Waals surface area contributed by atoms with Crippen molar-refractivity contribution in [2.24, 2.45) is 0 Å². The van der Waals surface area contributed by atoms with E-state index in [2.05, 4.69) is 10.8 Å². The van der Waals surface area contributed by atoms with E-state index in [1.165, 1.54) is 7.11 Å². The number of benzene rings is 2. The lowest BCUT2D eigenvalue weighted by Gasteiger charge is -2.08. The lowest BCUT2D eigenvalue weighted by molar-refractivity contribution is -0.140. The predicted molar refractivity (Wildman–Crippen MR) is 78.6 cm³/mol. The topological polar surface area (TPSA) is 46.5 Å². The molecule has 0 aliphatic carbocycles. The molecule has 3 heteroatoms. The van der Waals surface area contributed by atoms with E-state index in [1.807, 2.05) is 31.2 Å². The molecule has 3 nitrogen and oxygen atoms in total. The Morgan fingerprint density at radius 3 is 2.70 bits per heavy atom. The number of aromatic hydroxyl groups is 1. The van der Waals surface area contributed by atoms with E-state index in [4.69, 9.17) is 0 Å². The first-order valence-electron chi connectivity index (χ1n) is 6.56. The van der Waals surface area contributed by atoms with Crippen LogP contribution >= 0.6 is 0 Å². The van der Waals surface area contributed by atoms with Crippen LogP contribution in [0.5, 0.6) is 5.75 Å². The Bertz CT molecular complexity index is 617. The number of esters is 1. The van der Waals surface area contributed by atoms with Crippen LogP contribution < -0.4 is 0 Å². The highest BCUT2D eigenvalue weighted by Gasteiger charge is 2.05. The second kappa shape index (κ2) is 6.24. The Hall–Kier alpha value is -2.29. The van der Waals surface area contributed by atoms with Crippen molar-refractivity contribution in [3.63, 3.8) is 0 Å². The maximum absolute atomic E-state index is 11.2. The van der Waals surface area contributed by atoms with E-state index in [0.29, 0.717) is 12.8 Å². The third-order valence-electron chi connectivity index (χ3n) is 3.29. The summed E-state index contributed by atoms with van der Waals surface area (Å²) in [5.74, 6) is 0.0734. The van der Waals surface area contributed by atoms with Crippen LogP contribution in [-0.2, 0) is 16.0 Å². The summed E-state index contributed by atoms with van der Waals surface area (Å²) < 4.78 is 4.65. The quantitative estimate of drug-likeness (QED) is 0.865. The highest BCUT2D eigenvalue weighted by molar-refractivity contribution is 5.71. The molecule has 0 amide bonds. The smallest absolute Gasteiger partial charge is 0.305 e. The van der Waals surface area contributed by atoms with E-state index < -0.39 is 0 Å². The summed E-state index contributed by atoms with van der Waals surface area (Å²) in [6.45, 7) is 1.97. The van der Waals surface area contributed by atoms with E-state index in [1.54, 1.807) is 12.1 Å². The number of carbonyl (C=O) groups excluding carboxylic acids is 1. The second-order valence-corrected chi connectivity index (χ2v) is 4.78. The number of methoxy groups -OCH3 is 1. The number of ether oxygens (including phenoxy) is 1. The largest absolute Gasteiger partial charge is 0.508 e. The molecule has 0 aliphatic rings. The van der Waals surface area contributed by atoms with Crippen LogP contribution in [0.4, 0.5) is 0 Å². The summed E-state index contributed by atoms with van der Waals surface area (Å²) in [7, 11) is 1.40. The zero-order valence-electron chi connectivity index (χ0n) is 11.7. The van der Waals surface area contributed by atoms with Gasteiger partial charge in [-0.15, -0.1) is 0 Å². The Labute approximate surface area is 118 Å². The molecule has 0 spiro atoms. The van der Waals surface area contributed by atoms with E-state index in [-0.39, 0.29) is 11.7 Å². The van der Waals surface area contributed by atoms with Crippen LogP contribution in [0.3, 0.4) is 0 Å². The van der Waals surface area contributed by atoms with Crippen molar-refractivity contribution in [3.8, 4) is 16.9 Å². The fourth-order valence-corrected chi connectivity index (χ4v) is 2.21. The van der Waals surface area contributed by atoms with Gasteiger partial charge < -0.3 is 9.84 Å². The van der Waals surface area contributed by atoms with Crippen LogP contribution in [0.1, 0.15) is 17.5 Å². The third kappa shape index (κ3) is 3.38. The maximum atomic E-state index is 11.2. The molecule has 0 saturated heterocycles. The van der Waals surface area contributed by atoms with Gasteiger partial charge in [-0.05, 0) is 47.7 Å². The first-order valence-corrected chi connectivity index (χ1v) is 6.56. The summed E-state index contributed by atoms with van der Waals surface area (Å²) >= 11 is 0. The Balaban J connectivity index is 2.23. The number of phenols is 1. The standard InChI is InChI=1S/C17H18O3/c1-12-10-15(18)7-8-16(12)14-5-3-4-13(11-14)6-9-17(19)20-2/h3-5,7-8,10-11,18H,6,9H2,1-2H3. The molecule has 0 unspecified atom stereocenters. The van der Waals surface area contributed by atoms with Gasteiger partial charge in [0.05, 0.1) is 7.11 Å². The highest BCUT2D eigenvalue weighted by atomic mass is 16.5. The fourth-order valence-electron chi connectivity index (χ4n) is 2.21. The number of hydrogen-bond donors (Lipinski definition) is 1. The third-order valence-corrected chi connectivity index (χ3v) is 3.29. The average molecular weight is 270 g/mol. The SMILES string of the molecule is COC(=O)CCc1cccc(-c2ccc(O)cc2C)c1. The van der Waals surface area contributed by atoms with Crippen LogP contribution in [-0.4, -0.2) is 18.2 Å². The Kier molecular flexibility index (Phi) is 4.41. The summed E-state index contributed by atoms with van der Waals surface area (Å²) in [5.41, 5.74) is 4.29. The summed E-state index contributed by atoms with van der Waals surface area (Å²) in [5, 5.41) is 9.46. The predicted octanol–water partition coefficient (Wildman–Crippen LogP) is 3.47. The Morgan fingerprint density at radius 1 is 1.20 bits per heavy atom.